The number of hydrogen-bond acceptors (Lipinski definition) is 20. The molecular formula is C114H116Br4IN11O14Si. The number of halogens is 5. The molecule has 0 bridgehead atoms. The van der Waals surface area contributed by atoms with Gasteiger partial charge in [0.2, 0.25) is 0 Å². The van der Waals surface area contributed by atoms with Gasteiger partial charge in [0.05, 0.1) is 105 Å². The molecule has 1 amide bonds. The Balaban J connectivity index is 0.000000174. The SMILES string of the molecule is C#Cc1cc(Br)c(C)c(C(=O)OC)c1.COC(=O)c1cc(-c2cn(-c3ccc(C)cc3)nn2)cc(-c2ccc(C3CCN(C(=O)OC(C)(C)C)CC3)cc2)c1C.COC(=O)c1cc(-c2cn(-c3ccc(C)cc3)nn2)cc(Br)c1C.COC(=O)c1cc(C#C[Si](C)(C)C)cc(Br)c1C.COC(=O)c1cc(I)cc(Br)c1C.Cc1ccc(-n2cc(-c3cc(C(=O)O)c(C)c(-c4ccc(C5CCNCC5)cc4)c3)nn2)cc1. The molecule has 11 aromatic carbocycles. The Hall–Kier alpha value is -13.1. The van der Waals surface area contributed by atoms with Crippen LogP contribution in [-0.2, 0) is 28.4 Å². The summed E-state index contributed by atoms with van der Waals surface area (Å²) in [6.45, 7) is 33.1. The number of aromatic nitrogens is 9. The zero-order chi connectivity index (χ0) is 106. The molecule has 31 heteroatoms. The van der Waals surface area contributed by atoms with Gasteiger partial charge < -0.3 is 43.7 Å². The zero-order valence-corrected chi connectivity index (χ0v) is 94.2. The van der Waals surface area contributed by atoms with E-state index in [4.69, 9.17) is 25.4 Å². The standard InChI is InChI=1S/C34H38N4O4.C28H28N4O2.C18H16BrN3O2.C14H17BrO2Si.C11H9BrO2.C9H8BrIO2/c1-22-7-13-28(14-8-22)38-21-31(35-36-38)27-19-29(23(2)30(20-27)32(39)41-6)26-11-9-24(10-12-26)25-15-17-37(18-16-25)33(40)42-34(3,4)5;1-18-3-9-24(10-4-18)32-17-27(30-31-32)23-15-25(19(2)26(16-23)28(33)34)22-7-5-20(6-8-22)21-11-13-29-14-12-21;1-11-4-6-14(7-5-11)22-10-17(20-21-22)13-8-15(18(23)24-3)12(2)16(19)9-13;1-10-12(14(16)17-2)8-11(9-13(10)15)6-7-18(3,4)5;1-4-8-5-9(11(13)14-3)7(2)10(12)6-8;1-5-7(9(12)13-2)3-6(11)4-8(5)10/h7-14,19-21,25H,15-18H2,1-6H3;3-10,15-17,21,29H,11-14H2,1-2H3,(H,33,34);4-10H,1-3H3;8-9H,1-5H3;1,5-6H,2-3H3;3-4H,1-2H3. The molecule has 3 aromatic heterocycles. The van der Waals surface area contributed by atoms with Gasteiger partial charge in [-0.25, -0.2) is 47.6 Å². The van der Waals surface area contributed by atoms with Crippen LogP contribution in [0.15, 0.2) is 231 Å². The Bertz CT molecular complexity index is 7190. The monoisotopic (exact) mass is 2330 g/mol. The van der Waals surface area contributed by atoms with Crippen LogP contribution in [0.2, 0.25) is 19.6 Å². The second-order valence-corrected chi connectivity index (χ2v) is 46.3. The van der Waals surface area contributed by atoms with Crippen molar-refractivity contribution in [2.45, 2.75) is 146 Å². The predicted octanol–water partition coefficient (Wildman–Crippen LogP) is 26.0. The summed E-state index contributed by atoms with van der Waals surface area (Å²) in [6, 6.07) is 63.4. The van der Waals surface area contributed by atoms with Gasteiger partial charge in [0.15, 0.2) is 0 Å². The van der Waals surface area contributed by atoms with Gasteiger partial charge in [-0.05, 0) is 332 Å². The second-order valence-electron chi connectivity index (χ2n) is 36.9. The number of carboxylic acid groups (broad SMARTS) is 1. The summed E-state index contributed by atoms with van der Waals surface area (Å²) in [5.41, 5.74) is 29.3. The number of carboxylic acids is 1. The van der Waals surface area contributed by atoms with Gasteiger partial charge >= 0.3 is 41.9 Å². The number of terminal acetylenes is 1. The van der Waals surface area contributed by atoms with Gasteiger partial charge in [-0.3, -0.25) is 0 Å². The van der Waals surface area contributed by atoms with E-state index in [0.29, 0.717) is 75.4 Å². The normalized spacial score (nSPS) is 12.3. The van der Waals surface area contributed by atoms with Crippen LogP contribution in [0.4, 0.5) is 4.79 Å². The van der Waals surface area contributed by atoms with E-state index in [1.807, 2.05) is 211 Å². The number of esters is 5. The van der Waals surface area contributed by atoms with E-state index in [2.05, 4.69) is 224 Å². The minimum atomic E-state index is -1.42. The Kier molecular flexibility index (Phi) is 39.5. The van der Waals surface area contributed by atoms with E-state index in [1.165, 1.54) is 63.4 Å². The van der Waals surface area contributed by atoms with Crippen molar-refractivity contribution in [3.05, 3.63) is 340 Å². The topological polar surface area (TPSA) is 302 Å². The molecule has 2 aliphatic rings. The Morgan fingerprint density at radius 2 is 0.738 bits per heavy atom. The lowest BCUT2D eigenvalue weighted by molar-refractivity contribution is 0.0203. The number of carbonyl (C=O) groups excluding carboxylic acids is 6. The van der Waals surface area contributed by atoms with Crippen molar-refractivity contribution < 1.29 is 67.1 Å². The lowest BCUT2D eigenvalue weighted by Crippen LogP contribution is -2.41. The molecule has 14 aromatic rings. The van der Waals surface area contributed by atoms with Gasteiger partial charge in [0.1, 0.15) is 30.8 Å². The average molecular weight is 2340 g/mol. The molecule has 0 saturated carbocycles. The van der Waals surface area contributed by atoms with E-state index in [-0.39, 0.29) is 35.5 Å². The zero-order valence-electron chi connectivity index (χ0n) is 84.7. The molecule has 0 radical (unpaired) electrons. The summed E-state index contributed by atoms with van der Waals surface area (Å²) in [5.74, 6) is 3.86. The molecule has 750 valence electrons. The van der Waals surface area contributed by atoms with Crippen molar-refractivity contribution in [3.63, 3.8) is 0 Å². The second kappa shape index (κ2) is 51.1. The highest BCUT2D eigenvalue weighted by molar-refractivity contribution is 14.1. The molecule has 0 aliphatic carbocycles. The highest BCUT2D eigenvalue weighted by atomic mass is 127. The smallest absolute Gasteiger partial charge is 0.410 e. The lowest BCUT2D eigenvalue weighted by Gasteiger charge is -2.33. The molecule has 25 nitrogen and oxygen atoms in total. The maximum atomic E-state index is 12.8. The maximum Gasteiger partial charge on any atom is 0.410 e. The molecule has 0 atom stereocenters. The number of benzene rings is 11. The fourth-order valence-corrected chi connectivity index (χ4v) is 19.2. The molecule has 16 rings (SSSR count). The van der Waals surface area contributed by atoms with Crippen LogP contribution in [0.1, 0.15) is 193 Å². The van der Waals surface area contributed by atoms with Crippen LogP contribution >= 0.6 is 86.3 Å². The summed E-state index contributed by atoms with van der Waals surface area (Å²) in [6.07, 6.45) is 14.6. The first kappa shape index (κ1) is 112. The van der Waals surface area contributed by atoms with Crippen molar-refractivity contribution in [2.75, 3.05) is 61.7 Å². The molecule has 145 heavy (non-hydrogen) atoms. The molecular weight excluding hydrogens is 2220 g/mol. The number of piperidine rings is 2. The van der Waals surface area contributed by atoms with Crippen LogP contribution in [0.25, 0.3) is 73.1 Å². The Morgan fingerprint density at radius 3 is 1.10 bits per heavy atom. The Morgan fingerprint density at radius 1 is 0.414 bits per heavy atom. The van der Waals surface area contributed by atoms with Gasteiger partial charge in [0, 0.05) is 62.4 Å². The number of methoxy groups -OCH3 is 5. The fourth-order valence-electron chi connectivity index (χ4n) is 15.8. The summed E-state index contributed by atoms with van der Waals surface area (Å²) in [4.78, 5) is 85.3. The number of carbonyl (C=O) groups is 7. The Labute approximate surface area is 895 Å². The number of amides is 1. The van der Waals surface area contributed by atoms with Crippen molar-refractivity contribution in [2.24, 2.45) is 0 Å². The molecule has 2 aliphatic heterocycles. The van der Waals surface area contributed by atoms with E-state index in [9.17, 15) is 38.7 Å². The fraction of sp³-hybridized carbons (Fsp3) is 0.272. The van der Waals surface area contributed by atoms with Crippen LogP contribution in [-0.4, -0.2) is 172 Å². The third-order valence-electron chi connectivity index (χ3n) is 24.3. The van der Waals surface area contributed by atoms with Crippen LogP contribution in [0, 0.1) is 89.7 Å². The molecule has 2 N–H and O–H groups in total. The van der Waals surface area contributed by atoms with Crippen LogP contribution in [0.3, 0.4) is 0 Å². The number of nitrogens with one attached hydrogen (secondary N) is 1. The summed E-state index contributed by atoms with van der Waals surface area (Å²) >= 11 is 15.8. The third-order valence-corrected chi connectivity index (χ3v) is 29.1. The van der Waals surface area contributed by atoms with E-state index in [0.717, 1.165) is 155 Å². The first-order valence-electron chi connectivity index (χ1n) is 46.6. The summed E-state index contributed by atoms with van der Waals surface area (Å²) in [5, 5.41) is 39.0. The van der Waals surface area contributed by atoms with E-state index in [1.54, 1.807) is 49.3 Å². The van der Waals surface area contributed by atoms with Crippen molar-refractivity contribution >= 4 is 136 Å². The summed E-state index contributed by atoms with van der Waals surface area (Å²) < 4.78 is 39.2. The number of likely N-dealkylation sites (tertiary alicyclic amines) is 1. The maximum absolute atomic E-state index is 12.8. The number of rotatable bonds is 16. The average Bonchev–Trinajstić information content (AvgIpc) is 1.74. The van der Waals surface area contributed by atoms with E-state index < -0.39 is 25.6 Å². The minimum Gasteiger partial charge on any atom is -0.478 e. The van der Waals surface area contributed by atoms with Crippen molar-refractivity contribution in [1.29, 1.82) is 0 Å². The number of hydrogen-bond donors (Lipinski definition) is 2. The summed E-state index contributed by atoms with van der Waals surface area (Å²) in [7, 11) is 5.46. The highest BCUT2D eigenvalue weighted by Crippen LogP contribution is 2.39. The van der Waals surface area contributed by atoms with E-state index >= 15 is 0 Å². The van der Waals surface area contributed by atoms with Gasteiger partial charge in [-0.1, -0.05) is 212 Å². The molecule has 0 spiro atoms. The van der Waals surface area contributed by atoms with Gasteiger partial charge in [0.25, 0.3) is 0 Å². The first-order valence-corrected chi connectivity index (χ1v) is 54.3. The largest absolute Gasteiger partial charge is 0.478 e. The molecule has 2 fully saturated rings. The lowest BCUT2D eigenvalue weighted by atomic mass is 9.87. The molecule has 2 saturated heterocycles. The minimum absolute atomic E-state index is 0.244. The van der Waals surface area contributed by atoms with Crippen molar-refractivity contribution in [3.8, 4) is 96.9 Å². The van der Waals surface area contributed by atoms with Crippen LogP contribution < -0.4 is 5.32 Å². The number of nitrogens with zero attached hydrogens (tertiary/aromatic N) is 10. The number of aryl methyl sites for hydroxylation is 3. The third kappa shape index (κ3) is 30.1. The van der Waals surface area contributed by atoms with Crippen LogP contribution in [0.5, 0.6) is 0 Å². The number of ether oxygens (including phenoxy) is 6. The highest BCUT2D eigenvalue weighted by Gasteiger charge is 2.30. The molecule has 5 heterocycles. The first-order chi connectivity index (χ1) is 68.9. The quantitative estimate of drug-likeness (QED) is 0.0298. The van der Waals surface area contributed by atoms with Gasteiger partial charge in [-0.2, -0.15) is 0 Å². The molecule has 0 unspecified atom stereocenters. The predicted molar refractivity (Wildman–Crippen MR) is 593 cm³/mol. The van der Waals surface area contributed by atoms with Gasteiger partial charge in [-0.15, -0.1) is 27.3 Å². The number of aromatic carboxylic acids is 1. The van der Waals surface area contributed by atoms with Crippen molar-refractivity contribution in [1.82, 2.24) is 55.2 Å².